The molecular formula is C17H16Cl2N2O4. The zero-order chi connectivity index (χ0) is 18.2. The Kier molecular flexibility index (Phi) is 6.91. The molecule has 0 unspecified atom stereocenters. The third kappa shape index (κ3) is 6.17. The van der Waals surface area contributed by atoms with E-state index in [0.717, 1.165) is 0 Å². The zero-order valence-electron chi connectivity index (χ0n) is 13.3. The van der Waals surface area contributed by atoms with E-state index in [1.165, 1.54) is 13.0 Å². The van der Waals surface area contributed by atoms with Crippen LogP contribution in [-0.2, 0) is 9.59 Å². The molecule has 2 amide bonds. The van der Waals surface area contributed by atoms with Gasteiger partial charge in [-0.2, -0.15) is 0 Å². The number of hydrogen-bond acceptors (Lipinski definition) is 4. The van der Waals surface area contributed by atoms with E-state index in [0.29, 0.717) is 16.5 Å². The summed E-state index contributed by atoms with van der Waals surface area (Å²) in [6.07, 6.45) is -0.881. The van der Waals surface area contributed by atoms with Gasteiger partial charge in [-0.15, -0.1) is 0 Å². The first-order valence-electron chi connectivity index (χ1n) is 7.34. The number of ether oxygens (including phenoxy) is 2. The fraction of sp³-hybridized carbons (Fsp3) is 0.176. The molecule has 8 heteroatoms. The zero-order valence-corrected chi connectivity index (χ0v) is 14.8. The number of rotatable bonds is 6. The monoisotopic (exact) mass is 382 g/mol. The van der Waals surface area contributed by atoms with Crippen LogP contribution in [-0.4, -0.2) is 24.5 Å². The summed E-state index contributed by atoms with van der Waals surface area (Å²) >= 11 is 11.8. The summed E-state index contributed by atoms with van der Waals surface area (Å²) in [5.41, 5.74) is 4.50. The number of hydrogen-bond donors (Lipinski definition) is 2. The first-order valence-corrected chi connectivity index (χ1v) is 8.09. The van der Waals surface area contributed by atoms with E-state index < -0.39 is 17.9 Å². The third-order valence-corrected chi connectivity index (χ3v) is 3.54. The predicted molar refractivity (Wildman–Crippen MR) is 94.8 cm³/mol. The molecule has 132 valence electrons. The van der Waals surface area contributed by atoms with Crippen LogP contribution in [0, 0.1) is 0 Å². The molecule has 2 aromatic rings. The normalized spacial score (nSPS) is 11.3. The molecule has 0 heterocycles. The lowest BCUT2D eigenvalue weighted by molar-refractivity contribution is -0.133. The standard InChI is InChI=1S/C17H16Cl2N2O4/c1-11(25-15-8-7-12(18)9-14(15)19)17(23)21-20-16(22)10-24-13-5-3-2-4-6-13/h2-9,11H,10H2,1H3,(H,20,22)(H,21,23)/t11-/m1/s1. The minimum absolute atomic E-state index is 0.234. The van der Waals surface area contributed by atoms with Crippen LogP contribution in [0.4, 0.5) is 0 Å². The van der Waals surface area contributed by atoms with Gasteiger partial charge < -0.3 is 9.47 Å². The highest BCUT2D eigenvalue weighted by Crippen LogP contribution is 2.28. The van der Waals surface area contributed by atoms with Crippen molar-refractivity contribution in [3.8, 4) is 11.5 Å². The second kappa shape index (κ2) is 9.15. The van der Waals surface area contributed by atoms with E-state index in [-0.39, 0.29) is 11.6 Å². The second-order valence-electron chi connectivity index (χ2n) is 4.97. The van der Waals surface area contributed by atoms with Crippen LogP contribution in [0.1, 0.15) is 6.92 Å². The summed E-state index contributed by atoms with van der Waals surface area (Å²) < 4.78 is 10.7. The van der Waals surface area contributed by atoms with Crippen molar-refractivity contribution in [2.24, 2.45) is 0 Å². The Bertz CT molecular complexity index is 741. The molecule has 0 fully saturated rings. The number of carbonyl (C=O) groups excluding carboxylic acids is 2. The van der Waals surface area contributed by atoms with Gasteiger partial charge in [0.05, 0.1) is 5.02 Å². The summed E-state index contributed by atoms with van der Waals surface area (Å²) in [6, 6.07) is 13.5. The number of nitrogens with one attached hydrogen (secondary N) is 2. The molecule has 0 aliphatic rings. The van der Waals surface area contributed by atoms with Crippen LogP contribution in [0.25, 0.3) is 0 Å². The highest BCUT2D eigenvalue weighted by atomic mass is 35.5. The first-order chi connectivity index (χ1) is 12.0. The molecule has 0 aromatic heterocycles. The SMILES string of the molecule is C[C@@H](Oc1ccc(Cl)cc1Cl)C(=O)NNC(=O)COc1ccccc1. The molecule has 2 N–H and O–H groups in total. The van der Waals surface area contributed by atoms with Crippen molar-refractivity contribution in [3.05, 3.63) is 58.6 Å². The van der Waals surface area contributed by atoms with Crippen molar-refractivity contribution < 1.29 is 19.1 Å². The van der Waals surface area contributed by atoms with Gasteiger partial charge in [-0.05, 0) is 37.3 Å². The van der Waals surface area contributed by atoms with Gasteiger partial charge in [-0.25, -0.2) is 0 Å². The largest absolute Gasteiger partial charge is 0.484 e. The van der Waals surface area contributed by atoms with Crippen molar-refractivity contribution in [1.82, 2.24) is 10.9 Å². The lowest BCUT2D eigenvalue weighted by Gasteiger charge is -2.16. The molecular weight excluding hydrogens is 367 g/mol. The van der Waals surface area contributed by atoms with Crippen molar-refractivity contribution in [1.29, 1.82) is 0 Å². The number of carbonyl (C=O) groups is 2. The van der Waals surface area contributed by atoms with Crippen molar-refractivity contribution in [3.63, 3.8) is 0 Å². The highest BCUT2D eigenvalue weighted by Gasteiger charge is 2.17. The third-order valence-electron chi connectivity index (χ3n) is 3.01. The van der Waals surface area contributed by atoms with Crippen LogP contribution in [0.15, 0.2) is 48.5 Å². The Morgan fingerprint density at radius 3 is 2.48 bits per heavy atom. The maximum atomic E-state index is 11.9. The topological polar surface area (TPSA) is 76.7 Å². The number of amides is 2. The van der Waals surface area contributed by atoms with Gasteiger partial charge in [0.25, 0.3) is 11.8 Å². The van der Waals surface area contributed by atoms with E-state index in [2.05, 4.69) is 10.9 Å². The van der Waals surface area contributed by atoms with E-state index in [4.69, 9.17) is 32.7 Å². The summed E-state index contributed by atoms with van der Waals surface area (Å²) in [5.74, 6) is -0.182. The van der Waals surface area contributed by atoms with Crippen LogP contribution < -0.4 is 20.3 Å². The highest BCUT2D eigenvalue weighted by molar-refractivity contribution is 6.35. The van der Waals surface area contributed by atoms with Crippen molar-refractivity contribution in [2.75, 3.05) is 6.61 Å². The Hall–Kier alpha value is -2.44. The summed E-state index contributed by atoms with van der Waals surface area (Å²) in [5, 5.41) is 0.743. The summed E-state index contributed by atoms with van der Waals surface area (Å²) in [7, 11) is 0. The molecule has 0 bridgehead atoms. The van der Waals surface area contributed by atoms with Crippen LogP contribution in [0.5, 0.6) is 11.5 Å². The predicted octanol–water partition coefficient (Wildman–Crippen LogP) is 2.99. The van der Waals surface area contributed by atoms with Crippen molar-refractivity contribution in [2.45, 2.75) is 13.0 Å². The molecule has 2 rings (SSSR count). The number of para-hydroxylation sites is 1. The first kappa shape index (κ1) is 18.9. The molecule has 0 spiro atoms. The van der Waals surface area contributed by atoms with E-state index in [1.807, 2.05) is 6.07 Å². The average molecular weight is 383 g/mol. The summed E-state index contributed by atoms with van der Waals surface area (Å²) in [4.78, 5) is 23.6. The number of halogens is 2. The summed E-state index contributed by atoms with van der Waals surface area (Å²) in [6.45, 7) is 1.29. The molecule has 6 nitrogen and oxygen atoms in total. The molecule has 25 heavy (non-hydrogen) atoms. The Morgan fingerprint density at radius 1 is 1.08 bits per heavy atom. The van der Waals surface area contributed by atoms with Gasteiger partial charge in [0.2, 0.25) is 0 Å². The Morgan fingerprint density at radius 2 is 1.80 bits per heavy atom. The number of benzene rings is 2. The van der Waals surface area contributed by atoms with Gasteiger partial charge in [-0.1, -0.05) is 41.4 Å². The van der Waals surface area contributed by atoms with Crippen molar-refractivity contribution >= 4 is 35.0 Å². The van der Waals surface area contributed by atoms with Gasteiger partial charge in [0.15, 0.2) is 12.7 Å². The number of hydrazine groups is 1. The molecule has 0 saturated heterocycles. The molecule has 0 aliphatic carbocycles. The quantitative estimate of drug-likeness (QED) is 0.752. The minimum Gasteiger partial charge on any atom is -0.484 e. The maximum Gasteiger partial charge on any atom is 0.279 e. The van der Waals surface area contributed by atoms with Gasteiger partial charge in [-0.3, -0.25) is 20.4 Å². The van der Waals surface area contributed by atoms with Gasteiger partial charge >= 0.3 is 0 Å². The lowest BCUT2D eigenvalue weighted by Crippen LogP contribution is -2.48. The minimum atomic E-state index is -0.881. The fourth-order valence-electron chi connectivity index (χ4n) is 1.75. The second-order valence-corrected chi connectivity index (χ2v) is 5.82. The fourth-order valence-corrected chi connectivity index (χ4v) is 2.20. The molecule has 0 radical (unpaired) electrons. The lowest BCUT2D eigenvalue weighted by atomic mass is 10.3. The molecule has 1 atom stereocenters. The molecule has 2 aromatic carbocycles. The van der Waals surface area contributed by atoms with Crippen LogP contribution >= 0.6 is 23.2 Å². The van der Waals surface area contributed by atoms with E-state index >= 15 is 0 Å². The van der Waals surface area contributed by atoms with E-state index in [9.17, 15) is 9.59 Å². The van der Waals surface area contributed by atoms with Crippen LogP contribution in [0.3, 0.4) is 0 Å². The van der Waals surface area contributed by atoms with Gasteiger partial charge in [0, 0.05) is 5.02 Å². The average Bonchev–Trinajstić information content (AvgIpc) is 2.61. The van der Waals surface area contributed by atoms with Gasteiger partial charge in [0.1, 0.15) is 11.5 Å². The van der Waals surface area contributed by atoms with E-state index in [1.54, 1.807) is 36.4 Å². The molecule has 0 saturated carbocycles. The smallest absolute Gasteiger partial charge is 0.279 e. The Balaban J connectivity index is 1.76. The molecule has 0 aliphatic heterocycles. The maximum absolute atomic E-state index is 11.9. The Labute approximate surface area is 155 Å². The van der Waals surface area contributed by atoms with Crippen LogP contribution in [0.2, 0.25) is 10.0 Å².